The Hall–Kier alpha value is -2.44. The van der Waals surface area contributed by atoms with E-state index in [1.165, 1.54) is 5.56 Å². The number of aromatic amines is 1. The summed E-state index contributed by atoms with van der Waals surface area (Å²) in [6.07, 6.45) is 5.11. The van der Waals surface area contributed by atoms with Gasteiger partial charge in [-0.25, -0.2) is 4.98 Å². The number of nitro groups is 1. The summed E-state index contributed by atoms with van der Waals surface area (Å²) in [6.45, 7) is 4.31. The molecule has 0 saturated heterocycles. The average Bonchev–Trinajstić information content (AvgIpc) is 2.80. The summed E-state index contributed by atoms with van der Waals surface area (Å²) in [4.78, 5) is 14.7. The van der Waals surface area contributed by atoms with E-state index in [0.29, 0.717) is 17.9 Å². The van der Waals surface area contributed by atoms with Crippen LogP contribution in [0.5, 0.6) is 0 Å². The first kappa shape index (κ1) is 14.0. The van der Waals surface area contributed by atoms with Crippen molar-refractivity contribution >= 4 is 11.5 Å². The van der Waals surface area contributed by atoms with Crippen LogP contribution in [-0.4, -0.2) is 26.6 Å². The maximum atomic E-state index is 11.0. The number of nitrogens with zero attached hydrogens (tertiary/aromatic N) is 3. The summed E-state index contributed by atoms with van der Waals surface area (Å²) in [5, 5.41) is 20.9. The Balaban J connectivity index is 1.93. The van der Waals surface area contributed by atoms with Gasteiger partial charge >= 0.3 is 5.69 Å². The summed E-state index contributed by atoms with van der Waals surface area (Å²) in [5.41, 5.74) is 2.88. The third-order valence-corrected chi connectivity index (χ3v) is 3.16. The van der Waals surface area contributed by atoms with Gasteiger partial charge in [0.1, 0.15) is 0 Å². The van der Waals surface area contributed by atoms with Gasteiger partial charge in [0.05, 0.1) is 11.1 Å². The molecule has 2 rings (SSSR count). The number of rotatable bonds is 6. The number of anilines is 1. The van der Waals surface area contributed by atoms with Crippen LogP contribution in [0.2, 0.25) is 0 Å². The van der Waals surface area contributed by atoms with Crippen LogP contribution < -0.4 is 5.32 Å². The van der Waals surface area contributed by atoms with Gasteiger partial charge in [0.2, 0.25) is 5.82 Å². The predicted octanol–water partition coefficient (Wildman–Crippen LogP) is 2.37. The van der Waals surface area contributed by atoms with E-state index >= 15 is 0 Å². The van der Waals surface area contributed by atoms with Crippen LogP contribution in [0.3, 0.4) is 0 Å². The van der Waals surface area contributed by atoms with E-state index < -0.39 is 4.92 Å². The van der Waals surface area contributed by atoms with Crippen LogP contribution in [0.4, 0.5) is 11.5 Å². The van der Waals surface area contributed by atoms with Gasteiger partial charge in [-0.2, -0.15) is 5.10 Å². The van der Waals surface area contributed by atoms with Crippen molar-refractivity contribution in [2.24, 2.45) is 0 Å². The van der Waals surface area contributed by atoms with E-state index in [-0.39, 0.29) is 5.69 Å². The van der Waals surface area contributed by atoms with E-state index in [4.69, 9.17) is 0 Å². The molecule has 0 aromatic carbocycles. The van der Waals surface area contributed by atoms with Gasteiger partial charge < -0.3 is 5.32 Å². The fourth-order valence-electron chi connectivity index (χ4n) is 2.02. The molecule has 2 N–H and O–H groups in total. The highest BCUT2D eigenvalue weighted by Crippen LogP contribution is 2.25. The molecule has 0 amide bonds. The molecule has 0 aliphatic heterocycles. The molecule has 0 aliphatic rings. The molecule has 0 bridgehead atoms. The minimum atomic E-state index is -0.398. The molecule has 2 heterocycles. The van der Waals surface area contributed by atoms with Gasteiger partial charge in [-0.05, 0) is 38.3 Å². The molecule has 20 heavy (non-hydrogen) atoms. The zero-order valence-corrected chi connectivity index (χ0v) is 11.5. The van der Waals surface area contributed by atoms with Crippen LogP contribution in [-0.2, 0) is 6.42 Å². The lowest BCUT2D eigenvalue weighted by Gasteiger charge is -2.07. The maximum Gasteiger partial charge on any atom is 0.314 e. The molecule has 0 unspecified atom stereocenters. The van der Waals surface area contributed by atoms with E-state index in [9.17, 15) is 10.1 Å². The lowest BCUT2D eigenvalue weighted by atomic mass is 10.1. The number of pyridine rings is 1. The molecule has 0 atom stereocenters. The van der Waals surface area contributed by atoms with E-state index in [2.05, 4.69) is 20.5 Å². The smallest absolute Gasteiger partial charge is 0.314 e. The van der Waals surface area contributed by atoms with Crippen molar-refractivity contribution in [3.05, 3.63) is 45.4 Å². The van der Waals surface area contributed by atoms with Crippen molar-refractivity contribution in [1.82, 2.24) is 15.2 Å². The zero-order chi connectivity index (χ0) is 14.5. The predicted molar refractivity (Wildman–Crippen MR) is 75.8 cm³/mol. The van der Waals surface area contributed by atoms with Crippen LogP contribution in [0, 0.1) is 24.0 Å². The third-order valence-electron chi connectivity index (χ3n) is 3.16. The van der Waals surface area contributed by atoms with Crippen molar-refractivity contribution in [3.8, 4) is 0 Å². The van der Waals surface area contributed by atoms with Crippen molar-refractivity contribution in [3.63, 3.8) is 0 Å². The highest BCUT2D eigenvalue weighted by Gasteiger charge is 2.17. The SMILES string of the molecule is Cc1ccnc(NCCCc2cn[nH]c2C)c1[N+](=O)[O-]. The van der Waals surface area contributed by atoms with Crippen molar-refractivity contribution < 1.29 is 4.92 Å². The zero-order valence-electron chi connectivity index (χ0n) is 11.5. The average molecular weight is 275 g/mol. The van der Waals surface area contributed by atoms with Crippen LogP contribution in [0.25, 0.3) is 0 Å². The Morgan fingerprint density at radius 1 is 1.45 bits per heavy atom. The Bertz CT molecular complexity index is 609. The standard InChI is InChI=1S/C13H17N5O2/c1-9-5-7-15-13(12(9)18(19)20)14-6-3-4-11-8-16-17-10(11)2/h5,7-8H,3-4,6H2,1-2H3,(H,14,15)(H,16,17). The highest BCUT2D eigenvalue weighted by molar-refractivity contribution is 5.59. The fourth-order valence-corrected chi connectivity index (χ4v) is 2.02. The number of aryl methyl sites for hydroxylation is 3. The first-order valence-corrected chi connectivity index (χ1v) is 6.42. The molecular formula is C13H17N5O2. The molecule has 106 valence electrons. The van der Waals surface area contributed by atoms with Gasteiger partial charge in [0.15, 0.2) is 0 Å². The van der Waals surface area contributed by atoms with Crippen molar-refractivity contribution in [2.45, 2.75) is 26.7 Å². The van der Waals surface area contributed by atoms with Gasteiger partial charge in [0, 0.05) is 24.0 Å². The minimum Gasteiger partial charge on any atom is -0.364 e. The van der Waals surface area contributed by atoms with Crippen LogP contribution >= 0.6 is 0 Å². The molecule has 0 aliphatic carbocycles. The Morgan fingerprint density at radius 2 is 2.25 bits per heavy atom. The van der Waals surface area contributed by atoms with E-state index in [1.54, 1.807) is 19.2 Å². The molecule has 0 fully saturated rings. The summed E-state index contributed by atoms with van der Waals surface area (Å²) >= 11 is 0. The molecule has 7 nitrogen and oxygen atoms in total. The Kier molecular flexibility index (Phi) is 4.29. The van der Waals surface area contributed by atoms with Crippen molar-refractivity contribution in [2.75, 3.05) is 11.9 Å². The first-order valence-electron chi connectivity index (χ1n) is 6.42. The van der Waals surface area contributed by atoms with Crippen molar-refractivity contribution in [1.29, 1.82) is 0 Å². The topological polar surface area (TPSA) is 96.7 Å². The summed E-state index contributed by atoms with van der Waals surface area (Å²) < 4.78 is 0. The number of H-pyrrole nitrogens is 1. The van der Waals surface area contributed by atoms with Gasteiger partial charge in [-0.15, -0.1) is 0 Å². The molecule has 0 radical (unpaired) electrons. The maximum absolute atomic E-state index is 11.0. The van der Waals surface area contributed by atoms with Crippen LogP contribution in [0.1, 0.15) is 23.2 Å². The second-order valence-electron chi connectivity index (χ2n) is 4.63. The summed E-state index contributed by atoms with van der Waals surface area (Å²) in [7, 11) is 0. The largest absolute Gasteiger partial charge is 0.364 e. The second kappa shape index (κ2) is 6.14. The van der Waals surface area contributed by atoms with Gasteiger partial charge in [-0.1, -0.05) is 0 Å². The first-order chi connectivity index (χ1) is 9.59. The lowest BCUT2D eigenvalue weighted by molar-refractivity contribution is -0.384. The molecule has 2 aromatic heterocycles. The number of aromatic nitrogens is 3. The van der Waals surface area contributed by atoms with Gasteiger partial charge in [-0.3, -0.25) is 15.2 Å². The highest BCUT2D eigenvalue weighted by atomic mass is 16.6. The number of hydrogen-bond acceptors (Lipinski definition) is 5. The quantitative estimate of drug-likeness (QED) is 0.479. The molecular weight excluding hydrogens is 258 g/mol. The molecule has 0 saturated carbocycles. The monoisotopic (exact) mass is 275 g/mol. The minimum absolute atomic E-state index is 0.0481. The number of hydrogen-bond donors (Lipinski definition) is 2. The number of nitrogens with one attached hydrogen (secondary N) is 2. The van der Waals surface area contributed by atoms with E-state index in [0.717, 1.165) is 18.5 Å². The molecule has 7 heteroatoms. The Morgan fingerprint density at radius 3 is 2.90 bits per heavy atom. The normalized spacial score (nSPS) is 10.5. The third kappa shape index (κ3) is 3.11. The van der Waals surface area contributed by atoms with Gasteiger partial charge in [0.25, 0.3) is 0 Å². The summed E-state index contributed by atoms with van der Waals surface area (Å²) in [5.74, 6) is 0.332. The fraction of sp³-hybridized carbons (Fsp3) is 0.385. The molecule has 0 spiro atoms. The lowest BCUT2D eigenvalue weighted by Crippen LogP contribution is -2.08. The molecule has 2 aromatic rings. The second-order valence-corrected chi connectivity index (χ2v) is 4.63. The summed E-state index contributed by atoms with van der Waals surface area (Å²) in [6, 6.07) is 1.64. The Labute approximate surface area is 116 Å². The van der Waals surface area contributed by atoms with Crippen LogP contribution in [0.15, 0.2) is 18.5 Å². The van der Waals surface area contributed by atoms with E-state index in [1.807, 2.05) is 13.1 Å².